The van der Waals surface area contributed by atoms with E-state index in [0.717, 1.165) is 12.5 Å². The second kappa shape index (κ2) is 7.70. The zero-order chi connectivity index (χ0) is 12.7. The molecular weight excluding hydrogens is 212 g/mol. The van der Waals surface area contributed by atoms with Crippen LogP contribution in [0.1, 0.15) is 52.9 Å². The minimum absolute atomic E-state index is 0.123. The molecule has 2 N–H and O–H groups in total. The van der Waals surface area contributed by atoms with E-state index in [1.54, 1.807) is 0 Å². The van der Waals surface area contributed by atoms with E-state index in [-0.39, 0.29) is 11.9 Å². The highest BCUT2D eigenvalue weighted by Crippen LogP contribution is 2.26. The monoisotopic (exact) mass is 240 g/mol. The average molecular weight is 240 g/mol. The van der Waals surface area contributed by atoms with Crippen LogP contribution in [0.4, 0.5) is 0 Å². The van der Waals surface area contributed by atoms with Gasteiger partial charge in [-0.1, -0.05) is 39.5 Å². The molecule has 1 rings (SSSR count). The first-order chi connectivity index (χ1) is 8.09. The summed E-state index contributed by atoms with van der Waals surface area (Å²) >= 11 is 0. The van der Waals surface area contributed by atoms with Crippen molar-refractivity contribution in [3.8, 4) is 0 Å². The molecule has 1 unspecified atom stereocenters. The molecule has 1 fully saturated rings. The van der Waals surface area contributed by atoms with E-state index in [9.17, 15) is 4.79 Å². The predicted molar refractivity (Wildman–Crippen MR) is 71.9 cm³/mol. The Balaban J connectivity index is 1.99. The molecule has 0 saturated heterocycles. The highest BCUT2D eigenvalue weighted by molar-refractivity contribution is 5.78. The lowest BCUT2D eigenvalue weighted by molar-refractivity contribution is -0.121. The smallest absolute Gasteiger partial charge is 0.234 e. The minimum atomic E-state index is 0.123. The second-order valence-corrected chi connectivity index (χ2v) is 5.72. The van der Waals surface area contributed by atoms with Crippen LogP contribution >= 0.6 is 0 Å². The van der Waals surface area contributed by atoms with Crippen LogP contribution in [0.3, 0.4) is 0 Å². The SMILES string of the molecule is CC(C)C(C)NC(=O)CNCCC1CCCC1. The van der Waals surface area contributed by atoms with Crippen molar-refractivity contribution < 1.29 is 4.79 Å². The van der Waals surface area contributed by atoms with Crippen LogP contribution < -0.4 is 10.6 Å². The third kappa shape index (κ3) is 6.06. The van der Waals surface area contributed by atoms with Crippen molar-refractivity contribution >= 4 is 5.91 Å². The largest absolute Gasteiger partial charge is 0.352 e. The van der Waals surface area contributed by atoms with Gasteiger partial charge in [0.2, 0.25) is 5.91 Å². The van der Waals surface area contributed by atoms with E-state index in [0.29, 0.717) is 12.5 Å². The molecule has 0 aromatic rings. The van der Waals surface area contributed by atoms with Gasteiger partial charge in [-0.2, -0.15) is 0 Å². The number of carbonyl (C=O) groups is 1. The molecule has 17 heavy (non-hydrogen) atoms. The number of carbonyl (C=O) groups excluding carboxylic acids is 1. The Morgan fingerprint density at radius 2 is 1.88 bits per heavy atom. The van der Waals surface area contributed by atoms with Crippen molar-refractivity contribution in [1.82, 2.24) is 10.6 Å². The first kappa shape index (κ1) is 14.5. The standard InChI is InChI=1S/C14H28N2O/c1-11(2)12(3)16-14(17)10-15-9-8-13-6-4-5-7-13/h11-13,15H,4-10H2,1-3H3,(H,16,17). The van der Waals surface area contributed by atoms with Crippen LogP contribution in [-0.4, -0.2) is 25.0 Å². The van der Waals surface area contributed by atoms with Gasteiger partial charge in [0.15, 0.2) is 0 Å². The van der Waals surface area contributed by atoms with Gasteiger partial charge < -0.3 is 10.6 Å². The van der Waals surface area contributed by atoms with E-state index in [4.69, 9.17) is 0 Å². The van der Waals surface area contributed by atoms with Crippen LogP contribution in [0.15, 0.2) is 0 Å². The molecule has 0 radical (unpaired) electrons. The Morgan fingerprint density at radius 3 is 2.47 bits per heavy atom. The highest BCUT2D eigenvalue weighted by atomic mass is 16.1. The molecule has 1 aliphatic rings. The van der Waals surface area contributed by atoms with Crippen LogP contribution in [0.25, 0.3) is 0 Å². The van der Waals surface area contributed by atoms with Crippen molar-refractivity contribution in [2.24, 2.45) is 11.8 Å². The summed E-state index contributed by atoms with van der Waals surface area (Å²) in [6.45, 7) is 7.75. The zero-order valence-corrected chi connectivity index (χ0v) is 11.6. The van der Waals surface area contributed by atoms with Gasteiger partial charge in [-0.15, -0.1) is 0 Å². The van der Waals surface area contributed by atoms with Crippen molar-refractivity contribution in [1.29, 1.82) is 0 Å². The normalized spacial score (nSPS) is 18.6. The summed E-state index contributed by atoms with van der Waals surface area (Å²) in [7, 11) is 0. The first-order valence-electron chi connectivity index (χ1n) is 7.09. The van der Waals surface area contributed by atoms with Gasteiger partial charge in [-0.3, -0.25) is 4.79 Å². The molecule has 1 saturated carbocycles. The zero-order valence-electron chi connectivity index (χ0n) is 11.6. The Bertz CT molecular complexity index is 222. The van der Waals surface area contributed by atoms with E-state index in [1.165, 1.54) is 32.1 Å². The Morgan fingerprint density at radius 1 is 1.24 bits per heavy atom. The van der Waals surface area contributed by atoms with Gasteiger partial charge in [0.1, 0.15) is 0 Å². The molecule has 0 heterocycles. The maximum atomic E-state index is 11.6. The molecule has 0 aromatic heterocycles. The van der Waals surface area contributed by atoms with Crippen LogP contribution in [0, 0.1) is 11.8 Å². The fraction of sp³-hybridized carbons (Fsp3) is 0.929. The van der Waals surface area contributed by atoms with Gasteiger partial charge in [0.05, 0.1) is 6.54 Å². The van der Waals surface area contributed by atoms with Crippen molar-refractivity contribution in [3.63, 3.8) is 0 Å². The third-order valence-corrected chi connectivity index (χ3v) is 3.88. The molecular formula is C14H28N2O. The van der Waals surface area contributed by atoms with Crippen molar-refractivity contribution in [2.45, 2.75) is 58.9 Å². The number of nitrogens with one attached hydrogen (secondary N) is 2. The van der Waals surface area contributed by atoms with E-state index in [1.807, 2.05) is 0 Å². The van der Waals surface area contributed by atoms with Gasteiger partial charge in [-0.05, 0) is 31.7 Å². The van der Waals surface area contributed by atoms with Crippen molar-refractivity contribution in [3.05, 3.63) is 0 Å². The molecule has 0 aliphatic heterocycles. The van der Waals surface area contributed by atoms with Crippen LogP contribution in [0.5, 0.6) is 0 Å². The van der Waals surface area contributed by atoms with Crippen molar-refractivity contribution in [2.75, 3.05) is 13.1 Å². The van der Waals surface area contributed by atoms with Gasteiger partial charge in [-0.25, -0.2) is 0 Å². The summed E-state index contributed by atoms with van der Waals surface area (Å²) in [4.78, 5) is 11.6. The second-order valence-electron chi connectivity index (χ2n) is 5.72. The molecule has 1 amide bonds. The molecule has 3 heteroatoms. The molecule has 3 nitrogen and oxygen atoms in total. The fourth-order valence-corrected chi connectivity index (χ4v) is 2.28. The highest BCUT2D eigenvalue weighted by Gasteiger charge is 2.14. The minimum Gasteiger partial charge on any atom is -0.352 e. The molecule has 1 atom stereocenters. The summed E-state index contributed by atoms with van der Waals surface area (Å²) in [5.41, 5.74) is 0. The average Bonchev–Trinajstić information content (AvgIpc) is 2.77. The lowest BCUT2D eigenvalue weighted by atomic mass is 10.0. The molecule has 0 bridgehead atoms. The van der Waals surface area contributed by atoms with Crippen LogP contribution in [-0.2, 0) is 4.79 Å². The molecule has 1 aliphatic carbocycles. The Hall–Kier alpha value is -0.570. The first-order valence-corrected chi connectivity index (χ1v) is 7.09. The molecule has 0 spiro atoms. The Labute approximate surface area is 106 Å². The quantitative estimate of drug-likeness (QED) is 0.671. The maximum Gasteiger partial charge on any atom is 0.234 e. The predicted octanol–water partition coefficient (Wildman–Crippen LogP) is 2.32. The molecule has 0 aromatic carbocycles. The lowest BCUT2D eigenvalue weighted by Crippen LogP contribution is -2.41. The van der Waals surface area contributed by atoms with Gasteiger partial charge in [0.25, 0.3) is 0 Å². The maximum absolute atomic E-state index is 11.6. The third-order valence-electron chi connectivity index (χ3n) is 3.88. The summed E-state index contributed by atoms with van der Waals surface area (Å²) in [6.07, 6.45) is 6.80. The summed E-state index contributed by atoms with van der Waals surface area (Å²) in [5, 5.41) is 6.25. The Kier molecular flexibility index (Phi) is 6.56. The summed E-state index contributed by atoms with van der Waals surface area (Å²) < 4.78 is 0. The number of amides is 1. The van der Waals surface area contributed by atoms with Gasteiger partial charge in [0, 0.05) is 6.04 Å². The fourth-order valence-electron chi connectivity index (χ4n) is 2.28. The van der Waals surface area contributed by atoms with E-state index >= 15 is 0 Å². The topological polar surface area (TPSA) is 41.1 Å². The summed E-state index contributed by atoms with van der Waals surface area (Å²) in [6, 6.07) is 0.263. The summed E-state index contributed by atoms with van der Waals surface area (Å²) in [5.74, 6) is 1.52. The van der Waals surface area contributed by atoms with E-state index in [2.05, 4.69) is 31.4 Å². The van der Waals surface area contributed by atoms with Gasteiger partial charge >= 0.3 is 0 Å². The lowest BCUT2D eigenvalue weighted by Gasteiger charge is -2.17. The molecule has 100 valence electrons. The van der Waals surface area contributed by atoms with Crippen LogP contribution in [0.2, 0.25) is 0 Å². The number of rotatable bonds is 7. The van der Waals surface area contributed by atoms with E-state index < -0.39 is 0 Å². The number of hydrogen-bond acceptors (Lipinski definition) is 2. The number of hydrogen-bond donors (Lipinski definition) is 2.